The van der Waals surface area contributed by atoms with Crippen molar-refractivity contribution >= 4 is 5.91 Å². The Morgan fingerprint density at radius 3 is 2.67 bits per heavy atom. The molecule has 1 N–H and O–H groups in total. The molecule has 1 aliphatic rings. The molecule has 0 spiro atoms. The number of hydrogen-bond acceptors (Lipinski definition) is 4. The van der Waals surface area contributed by atoms with Crippen LogP contribution in [0, 0.1) is 12.8 Å². The number of methoxy groups -OCH3 is 1. The molecular formula is C19H30N2O3. The van der Waals surface area contributed by atoms with Gasteiger partial charge in [-0.25, -0.2) is 0 Å². The molecule has 0 radical (unpaired) electrons. The molecule has 24 heavy (non-hydrogen) atoms. The lowest BCUT2D eigenvalue weighted by atomic mass is 10.0. The molecule has 0 bridgehead atoms. The highest BCUT2D eigenvalue weighted by molar-refractivity contribution is 5.94. The van der Waals surface area contributed by atoms with Crippen LogP contribution < -0.4 is 10.1 Å². The molecule has 5 heteroatoms. The third-order valence-corrected chi connectivity index (χ3v) is 4.47. The number of aryl methyl sites for hydroxylation is 1. The molecule has 1 fully saturated rings. The molecule has 5 nitrogen and oxygen atoms in total. The SMILES string of the molecule is COc1cc(C(=O)NC[C@@H](CC(C)C)N2CCOCC2)ccc1C. The smallest absolute Gasteiger partial charge is 0.251 e. The lowest BCUT2D eigenvalue weighted by molar-refractivity contribution is 0.0124. The zero-order valence-electron chi connectivity index (χ0n) is 15.3. The van der Waals surface area contributed by atoms with Crippen LogP contribution in [0.1, 0.15) is 36.2 Å². The van der Waals surface area contributed by atoms with Gasteiger partial charge < -0.3 is 14.8 Å². The van der Waals surface area contributed by atoms with E-state index in [2.05, 4.69) is 24.1 Å². The van der Waals surface area contributed by atoms with Crippen LogP contribution in [0.5, 0.6) is 5.75 Å². The number of carbonyl (C=O) groups excluding carboxylic acids is 1. The van der Waals surface area contributed by atoms with Crippen molar-refractivity contribution in [2.24, 2.45) is 5.92 Å². The van der Waals surface area contributed by atoms with Crippen LogP contribution in [0.15, 0.2) is 18.2 Å². The summed E-state index contributed by atoms with van der Waals surface area (Å²) in [6.07, 6.45) is 1.07. The normalized spacial score (nSPS) is 16.9. The first-order valence-electron chi connectivity index (χ1n) is 8.76. The zero-order valence-corrected chi connectivity index (χ0v) is 15.3. The topological polar surface area (TPSA) is 50.8 Å². The van der Waals surface area contributed by atoms with Gasteiger partial charge in [0.25, 0.3) is 5.91 Å². The van der Waals surface area contributed by atoms with E-state index in [0.717, 1.165) is 44.0 Å². The van der Waals surface area contributed by atoms with Crippen molar-refractivity contribution in [1.29, 1.82) is 0 Å². The molecule has 0 unspecified atom stereocenters. The minimum absolute atomic E-state index is 0.0460. The summed E-state index contributed by atoms with van der Waals surface area (Å²) in [7, 11) is 1.63. The third kappa shape index (κ3) is 5.21. The maximum Gasteiger partial charge on any atom is 0.251 e. The molecule has 1 aromatic rings. The van der Waals surface area contributed by atoms with Crippen molar-refractivity contribution in [1.82, 2.24) is 10.2 Å². The minimum atomic E-state index is -0.0460. The summed E-state index contributed by atoms with van der Waals surface area (Å²) in [4.78, 5) is 14.9. The standard InChI is InChI=1S/C19H30N2O3/c1-14(2)11-17(21-7-9-24-10-8-21)13-20-19(22)16-6-5-15(3)18(12-16)23-4/h5-6,12,14,17H,7-11,13H2,1-4H3,(H,20,22)/t17-/m1/s1. The monoisotopic (exact) mass is 334 g/mol. The number of ether oxygens (including phenoxy) is 2. The zero-order chi connectivity index (χ0) is 17.5. The Balaban J connectivity index is 1.98. The van der Waals surface area contributed by atoms with Gasteiger partial charge in [-0.3, -0.25) is 9.69 Å². The molecule has 1 aromatic carbocycles. The second-order valence-electron chi connectivity index (χ2n) is 6.83. The lowest BCUT2D eigenvalue weighted by Crippen LogP contribution is -2.49. The predicted octanol–water partition coefficient (Wildman–Crippen LogP) is 2.48. The van der Waals surface area contributed by atoms with E-state index in [-0.39, 0.29) is 5.91 Å². The summed E-state index contributed by atoms with van der Waals surface area (Å²) in [5.74, 6) is 1.29. The van der Waals surface area contributed by atoms with Crippen LogP contribution >= 0.6 is 0 Å². The van der Waals surface area contributed by atoms with Gasteiger partial charge in [0.15, 0.2) is 0 Å². The second kappa shape index (κ2) is 9.04. The van der Waals surface area contributed by atoms with E-state index < -0.39 is 0 Å². The van der Waals surface area contributed by atoms with Crippen LogP contribution in [0.4, 0.5) is 0 Å². The Morgan fingerprint density at radius 1 is 1.33 bits per heavy atom. The van der Waals surface area contributed by atoms with Crippen LogP contribution in [-0.2, 0) is 4.74 Å². The molecular weight excluding hydrogens is 304 g/mol. The first-order chi connectivity index (χ1) is 11.5. The van der Waals surface area contributed by atoms with Crippen molar-refractivity contribution in [2.75, 3.05) is 40.0 Å². The van der Waals surface area contributed by atoms with E-state index in [1.807, 2.05) is 19.1 Å². The fourth-order valence-electron chi connectivity index (χ4n) is 3.12. The number of rotatable bonds is 7. The summed E-state index contributed by atoms with van der Waals surface area (Å²) in [6.45, 7) is 10.5. The van der Waals surface area contributed by atoms with E-state index in [0.29, 0.717) is 24.1 Å². The van der Waals surface area contributed by atoms with E-state index >= 15 is 0 Å². The number of carbonyl (C=O) groups is 1. The second-order valence-corrected chi connectivity index (χ2v) is 6.83. The summed E-state index contributed by atoms with van der Waals surface area (Å²) >= 11 is 0. The molecule has 1 amide bonds. The summed E-state index contributed by atoms with van der Waals surface area (Å²) in [5.41, 5.74) is 1.67. The Bertz CT molecular complexity index is 539. The molecule has 134 valence electrons. The third-order valence-electron chi connectivity index (χ3n) is 4.47. The van der Waals surface area contributed by atoms with Crippen molar-refractivity contribution in [3.63, 3.8) is 0 Å². The van der Waals surface area contributed by atoms with E-state index in [4.69, 9.17) is 9.47 Å². The van der Waals surface area contributed by atoms with Crippen molar-refractivity contribution < 1.29 is 14.3 Å². The fraction of sp³-hybridized carbons (Fsp3) is 0.632. The van der Waals surface area contributed by atoms with Gasteiger partial charge in [-0.2, -0.15) is 0 Å². The highest BCUT2D eigenvalue weighted by Crippen LogP contribution is 2.19. The van der Waals surface area contributed by atoms with Crippen LogP contribution in [0.2, 0.25) is 0 Å². The van der Waals surface area contributed by atoms with Crippen LogP contribution in [-0.4, -0.2) is 56.8 Å². The average molecular weight is 334 g/mol. The maximum atomic E-state index is 12.5. The Labute approximate surface area is 145 Å². The van der Waals surface area contributed by atoms with Gasteiger partial charge in [-0.15, -0.1) is 0 Å². The van der Waals surface area contributed by atoms with Gasteiger partial charge in [0.2, 0.25) is 0 Å². The Morgan fingerprint density at radius 2 is 2.04 bits per heavy atom. The van der Waals surface area contributed by atoms with E-state index in [9.17, 15) is 4.79 Å². The van der Waals surface area contributed by atoms with E-state index in [1.165, 1.54) is 0 Å². The molecule has 0 aromatic heterocycles. The number of hydrogen-bond donors (Lipinski definition) is 1. The van der Waals surface area contributed by atoms with Gasteiger partial charge >= 0.3 is 0 Å². The van der Waals surface area contributed by atoms with Gasteiger partial charge in [0, 0.05) is 31.2 Å². The fourth-order valence-corrected chi connectivity index (χ4v) is 3.12. The van der Waals surface area contributed by atoms with Crippen molar-refractivity contribution in [3.8, 4) is 5.75 Å². The van der Waals surface area contributed by atoms with Crippen LogP contribution in [0.3, 0.4) is 0 Å². The van der Waals surface area contributed by atoms with Crippen LogP contribution in [0.25, 0.3) is 0 Å². The average Bonchev–Trinajstić information content (AvgIpc) is 2.59. The number of amides is 1. The van der Waals surface area contributed by atoms with Gasteiger partial charge in [-0.05, 0) is 37.0 Å². The summed E-state index contributed by atoms with van der Waals surface area (Å²) < 4.78 is 10.8. The van der Waals surface area contributed by atoms with Crippen molar-refractivity contribution in [2.45, 2.75) is 33.2 Å². The first kappa shape index (κ1) is 18.7. The quantitative estimate of drug-likeness (QED) is 0.832. The van der Waals surface area contributed by atoms with Crippen molar-refractivity contribution in [3.05, 3.63) is 29.3 Å². The lowest BCUT2D eigenvalue weighted by Gasteiger charge is -2.35. The minimum Gasteiger partial charge on any atom is -0.496 e. The van der Waals surface area contributed by atoms with E-state index in [1.54, 1.807) is 13.2 Å². The number of nitrogens with zero attached hydrogens (tertiary/aromatic N) is 1. The predicted molar refractivity (Wildman–Crippen MR) is 95.7 cm³/mol. The van der Waals surface area contributed by atoms with Gasteiger partial charge in [0.05, 0.1) is 20.3 Å². The molecule has 1 heterocycles. The molecule has 0 aliphatic carbocycles. The summed E-state index contributed by atoms with van der Waals surface area (Å²) in [6, 6.07) is 5.92. The molecule has 0 saturated carbocycles. The Hall–Kier alpha value is -1.59. The number of morpholine rings is 1. The molecule has 1 aliphatic heterocycles. The summed E-state index contributed by atoms with van der Waals surface area (Å²) in [5, 5.41) is 3.10. The molecule has 1 atom stereocenters. The first-order valence-corrected chi connectivity index (χ1v) is 8.76. The number of nitrogens with one attached hydrogen (secondary N) is 1. The maximum absolute atomic E-state index is 12.5. The molecule has 1 saturated heterocycles. The van der Waals surface area contributed by atoms with Gasteiger partial charge in [0.1, 0.15) is 5.75 Å². The molecule has 2 rings (SSSR count). The highest BCUT2D eigenvalue weighted by Gasteiger charge is 2.22. The van der Waals surface area contributed by atoms with Gasteiger partial charge in [-0.1, -0.05) is 19.9 Å². The largest absolute Gasteiger partial charge is 0.496 e. The highest BCUT2D eigenvalue weighted by atomic mass is 16.5. The Kier molecular flexibility index (Phi) is 7.06. The number of benzene rings is 1.